The summed E-state index contributed by atoms with van der Waals surface area (Å²) in [6.45, 7) is 6.90. The van der Waals surface area contributed by atoms with E-state index in [2.05, 4.69) is 11.6 Å². The highest BCUT2D eigenvalue weighted by Crippen LogP contribution is 2.48. The minimum absolute atomic E-state index is 0.0645. The standard InChI is InChI=1S/C27H26F4N4O2S.CH3FO/c1-4-21(36)35-15(2)13-33(14-16(35)3)25-19-12-20(27(29,30)31)22(17-6-8-18(28)9-7-17)24-23(19)34(26(37)32-25)10-5-11-38-24;2-1-3/h4,6-9,12,15-16H,1,5,10-11,13-14H2,2-3H3;3H,1H2. The maximum absolute atomic E-state index is 14.6. The smallest absolute Gasteiger partial charge is 0.366 e. The van der Waals surface area contributed by atoms with Crippen LogP contribution in [0, 0.1) is 5.82 Å². The minimum atomic E-state index is -4.71. The van der Waals surface area contributed by atoms with Crippen LogP contribution in [-0.4, -0.2) is 63.3 Å². The number of piperazine rings is 1. The zero-order valence-electron chi connectivity index (χ0n) is 22.4. The fourth-order valence-corrected chi connectivity index (χ4v) is 6.75. The molecule has 5 rings (SSSR count). The predicted molar refractivity (Wildman–Crippen MR) is 148 cm³/mol. The molecule has 1 amide bonds. The van der Waals surface area contributed by atoms with Crippen molar-refractivity contribution in [2.75, 3.05) is 30.6 Å². The third-order valence-corrected chi connectivity index (χ3v) is 8.24. The largest absolute Gasteiger partial charge is 0.417 e. The highest BCUT2D eigenvalue weighted by atomic mass is 32.2. The number of anilines is 1. The van der Waals surface area contributed by atoms with Crippen molar-refractivity contribution in [2.24, 2.45) is 0 Å². The van der Waals surface area contributed by atoms with E-state index >= 15 is 0 Å². The van der Waals surface area contributed by atoms with Crippen LogP contribution in [0.5, 0.6) is 0 Å². The first kappa shape index (κ1) is 30.5. The summed E-state index contributed by atoms with van der Waals surface area (Å²) in [4.78, 5) is 33.8. The lowest BCUT2D eigenvalue weighted by Crippen LogP contribution is -2.58. The lowest BCUT2D eigenvalue weighted by Gasteiger charge is -2.44. The van der Waals surface area contributed by atoms with Crippen molar-refractivity contribution in [3.8, 4) is 11.1 Å². The normalized spacial score (nSPS) is 18.9. The Bertz CT molecular complexity index is 1500. The van der Waals surface area contributed by atoms with E-state index in [0.717, 1.165) is 18.2 Å². The van der Waals surface area contributed by atoms with E-state index in [1.807, 2.05) is 13.8 Å². The molecule has 3 heterocycles. The molecule has 3 aromatic rings. The lowest BCUT2D eigenvalue weighted by atomic mass is 9.96. The highest BCUT2D eigenvalue weighted by Gasteiger charge is 2.39. The number of carbonyl (C=O) groups is 1. The van der Waals surface area contributed by atoms with E-state index in [1.54, 1.807) is 9.80 Å². The van der Waals surface area contributed by atoms with Gasteiger partial charge in [-0.3, -0.25) is 9.36 Å². The molecule has 2 unspecified atom stereocenters. The second-order valence-corrected chi connectivity index (χ2v) is 10.9. The molecule has 1 N–H and O–H groups in total. The molecule has 2 atom stereocenters. The van der Waals surface area contributed by atoms with Gasteiger partial charge in [0.15, 0.2) is 6.86 Å². The van der Waals surface area contributed by atoms with Gasteiger partial charge in [0.25, 0.3) is 0 Å². The van der Waals surface area contributed by atoms with Gasteiger partial charge < -0.3 is 14.9 Å². The van der Waals surface area contributed by atoms with E-state index in [0.29, 0.717) is 42.2 Å². The molecule has 1 fully saturated rings. The third-order valence-electron chi connectivity index (χ3n) is 7.06. The number of aliphatic hydroxyl groups is 1. The molecule has 0 saturated carbocycles. The lowest BCUT2D eigenvalue weighted by molar-refractivity contribution is -0.137. The molecule has 0 bridgehead atoms. The zero-order valence-corrected chi connectivity index (χ0v) is 23.2. The van der Waals surface area contributed by atoms with Crippen LogP contribution in [0.2, 0.25) is 0 Å². The number of hydrogen-bond donors (Lipinski definition) is 1. The molecule has 41 heavy (non-hydrogen) atoms. The Hall–Kier alpha value is -3.45. The van der Waals surface area contributed by atoms with Crippen molar-refractivity contribution in [1.29, 1.82) is 0 Å². The van der Waals surface area contributed by atoms with Gasteiger partial charge in [0, 0.05) is 47.6 Å². The Labute approximate surface area is 237 Å². The molecule has 13 heteroatoms. The maximum Gasteiger partial charge on any atom is 0.417 e. The molecule has 0 aliphatic carbocycles. The zero-order chi connectivity index (χ0) is 30.1. The van der Waals surface area contributed by atoms with Crippen LogP contribution < -0.4 is 10.6 Å². The van der Waals surface area contributed by atoms with Gasteiger partial charge in [-0.2, -0.15) is 18.2 Å². The second-order valence-electron chi connectivity index (χ2n) is 9.77. The van der Waals surface area contributed by atoms with Gasteiger partial charge >= 0.3 is 11.9 Å². The third kappa shape index (κ3) is 5.96. The van der Waals surface area contributed by atoms with Gasteiger partial charge in [-0.15, -0.1) is 11.8 Å². The van der Waals surface area contributed by atoms with E-state index in [1.165, 1.54) is 34.5 Å². The average molecular weight is 597 g/mol. The van der Waals surface area contributed by atoms with E-state index in [-0.39, 0.29) is 40.3 Å². The number of aliphatic hydroxyl groups excluding tert-OH is 1. The summed E-state index contributed by atoms with van der Waals surface area (Å²) in [5.41, 5.74) is -0.840. The number of benzene rings is 2. The van der Waals surface area contributed by atoms with Crippen molar-refractivity contribution < 1.29 is 31.9 Å². The number of alkyl halides is 4. The number of aromatic nitrogens is 2. The Morgan fingerprint density at radius 1 is 1.20 bits per heavy atom. The van der Waals surface area contributed by atoms with Gasteiger partial charge in [-0.25, -0.2) is 13.6 Å². The Balaban J connectivity index is 0.00000124. The molecule has 0 spiro atoms. The number of aryl methyl sites for hydroxylation is 1. The summed E-state index contributed by atoms with van der Waals surface area (Å²) in [6.07, 6.45) is -2.89. The number of carbonyl (C=O) groups excluding carboxylic acids is 1. The van der Waals surface area contributed by atoms with Crippen LogP contribution in [0.3, 0.4) is 0 Å². The quantitative estimate of drug-likeness (QED) is 0.330. The monoisotopic (exact) mass is 596 g/mol. The molecule has 1 aromatic heterocycles. The molecular formula is C28H29F5N4O3S. The summed E-state index contributed by atoms with van der Waals surface area (Å²) in [5, 5.41) is 7.13. The summed E-state index contributed by atoms with van der Waals surface area (Å²) < 4.78 is 68.8. The first-order valence-electron chi connectivity index (χ1n) is 12.9. The van der Waals surface area contributed by atoms with Crippen molar-refractivity contribution in [3.05, 3.63) is 64.9 Å². The fraction of sp³-hybridized carbons (Fsp3) is 0.393. The number of rotatable bonds is 3. The second kappa shape index (κ2) is 12.2. The first-order valence-corrected chi connectivity index (χ1v) is 13.8. The summed E-state index contributed by atoms with van der Waals surface area (Å²) >= 11 is 1.27. The summed E-state index contributed by atoms with van der Waals surface area (Å²) in [7, 11) is 0. The maximum atomic E-state index is 14.6. The molecule has 220 valence electrons. The summed E-state index contributed by atoms with van der Waals surface area (Å²) in [6, 6.07) is 5.42. The molecule has 2 aliphatic heterocycles. The van der Waals surface area contributed by atoms with E-state index < -0.39 is 30.1 Å². The van der Waals surface area contributed by atoms with Crippen LogP contribution in [0.4, 0.5) is 27.8 Å². The van der Waals surface area contributed by atoms with Crippen LogP contribution in [-0.2, 0) is 17.5 Å². The van der Waals surface area contributed by atoms with E-state index in [9.17, 15) is 31.5 Å². The average Bonchev–Trinajstić information content (AvgIpc) is 3.14. The highest BCUT2D eigenvalue weighted by molar-refractivity contribution is 7.99. The Kier molecular flexibility index (Phi) is 9.07. The topological polar surface area (TPSA) is 78.7 Å². The molecule has 2 aliphatic rings. The molecule has 1 saturated heterocycles. The Morgan fingerprint density at radius 3 is 2.37 bits per heavy atom. The molecule has 7 nitrogen and oxygen atoms in total. The summed E-state index contributed by atoms with van der Waals surface area (Å²) in [5.74, 6) is -0.101. The fourth-order valence-electron chi connectivity index (χ4n) is 5.54. The van der Waals surface area contributed by atoms with Crippen LogP contribution >= 0.6 is 11.8 Å². The van der Waals surface area contributed by atoms with Crippen LogP contribution in [0.25, 0.3) is 22.0 Å². The molecular weight excluding hydrogens is 567 g/mol. The van der Waals surface area contributed by atoms with Crippen molar-refractivity contribution >= 4 is 34.4 Å². The van der Waals surface area contributed by atoms with Gasteiger partial charge in [0.05, 0.1) is 11.1 Å². The van der Waals surface area contributed by atoms with Crippen molar-refractivity contribution in [1.82, 2.24) is 14.5 Å². The number of thioether (sulfide) groups is 1. The predicted octanol–water partition coefficient (Wildman–Crippen LogP) is 5.23. The van der Waals surface area contributed by atoms with Gasteiger partial charge in [0.1, 0.15) is 11.6 Å². The van der Waals surface area contributed by atoms with Crippen molar-refractivity contribution in [2.45, 2.75) is 50.0 Å². The number of nitrogens with zero attached hydrogens (tertiary/aromatic N) is 4. The van der Waals surface area contributed by atoms with Crippen LogP contribution in [0.15, 0.2) is 52.7 Å². The SMILES string of the molecule is C=CC(=O)N1C(C)CN(c2nc(=O)n3c4c(c(-c5ccc(F)cc5)c(C(F)(F)F)cc24)SCCC3)CC1C.OCF. The van der Waals surface area contributed by atoms with Crippen LogP contribution in [0.1, 0.15) is 25.8 Å². The molecule has 0 radical (unpaired) electrons. The van der Waals surface area contributed by atoms with Gasteiger partial charge in [-0.1, -0.05) is 18.7 Å². The first-order chi connectivity index (χ1) is 19.4. The molecule has 2 aromatic carbocycles. The number of halogens is 5. The minimum Gasteiger partial charge on any atom is -0.366 e. The Morgan fingerprint density at radius 2 is 1.80 bits per heavy atom. The van der Waals surface area contributed by atoms with Gasteiger partial charge in [0.2, 0.25) is 5.91 Å². The number of hydrogen-bond acceptors (Lipinski definition) is 6. The van der Waals surface area contributed by atoms with E-state index in [4.69, 9.17) is 5.11 Å². The van der Waals surface area contributed by atoms with Gasteiger partial charge in [-0.05, 0) is 55.9 Å². The van der Waals surface area contributed by atoms with Crippen molar-refractivity contribution in [3.63, 3.8) is 0 Å². The number of amides is 1.